The molecule has 6 aliphatic rings. The van der Waals surface area contributed by atoms with E-state index in [0.717, 1.165) is 128 Å². The minimum absolute atomic E-state index is 0.00394. The van der Waals surface area contributed by atoms with Gasteiger partial charge in [-0.05, 0) is 260 Å². The predicted molar refractivity (Wildman–Crippen MR) is 409 cm³/mol. The number of hydrogen-bond acceptors (Lipinski definition) is 15. The van der Waals surface area contributed by atoms with Gasteiger partial charge in [-0.1, -0.05) is 91.9 Å². The van der Waals surface area contributed by atoms with E-state index >= 15 is 0 Å². The van der Waals surface area contributed by atoms with Crippen molar-refractivity contribution < 1.29 is 38.1 Å². The summed E-state index contributed by atoms with van der Waals surface area (Å²) >= 11 is 0. The van der Waals surface area contributed by atoms with Crippen LogP contribution in [0.25, 0.3) is 0 Å². The Labute approximate surface area is 603 Å². The van der Waals surface area contributed by atoms with Gasteiger partial charge in [-0.2, -0.15) is 0 Å². The normalized spacial score (nSPS) is 25.0. The molecule has 98 heavy (non-hydrogen) atoms. The molecule has 0 bridgehead atoms. The zero-order valence-electron chi connectivity index (χ0n) is 68.9. The molecular weight excluding hydrogens is 1220 g/mol. The molecule has 5 N–H and O–H groups in total. The van der Waals surface area contributed by atoms with Crippen molar-refractivity contribution in [3.63, 3.8) is 0 Å². The van der Waals surface area contributed by atoms with Gasteiger partial charge in [-0.3, -0.25) is 29.0 Å². The van der Waals surface area contributed by atoms with Crippen molar-refractivity contribution in [3.05, 3.63) is 0 Å². The Morgan fingerprint density at radius 3 is 0.755 bits per heavy atom. The molecule has 5 saturated heterocycles. The first-order chi connectivity index (χ1) is 44.8. The predicted octanol–water partition coefficient (Wildman–Crippen LogP) is 17.9. The zero-order valence-corrected chi connectivity index (χ0v) is 68.9. The molecule has 1 aliphatic carbocycles. The van der Waals surface area contributed by atoms with Gasteiger partial charge in [0.25, 0.3) is 0 Å². The molecule has 0 aromatic carbocycles. The minimum Gasteiger partial charge on any atom is -0.462 e. The fourth-order valence-electron chi connectivity index (χ4n) is 19.5. The van der Waals surface area contributed by atoms with Gasteiger partial charge in [0.05, 0.1) is 0 Å². The summed E-state index contributed by atoms with van der Waals surface area (Å²) in [7, 11) is 4.33. The van der Waals surface area contributed by atoms with Gasteiger partial charge in [-0.15, -0.1) is 0 Å². The lowest BCUT2D eigenvalue weighted by Crippen LogP contribution is -2.61. The monoisotopic (exact) mass is 1380 g/mol. The van der Waals surface area contributed by atoms with E-state index in [-0.39, 0.29) is 115 Å². The van der Waals surface area contributed by atoms with Crippen molar-refractivity contribution >= 4 is 23.9 Å². The molecule has 6 fully saturated rings. The third kappa shape index (κ3) is 33.6. The number of nitrogens with zero attached hydrogens (tertiary/aromatic N) is 2. The topological polar surface area (TPSA) is 172 Å². The second-order valence-electron chi connectivity index (χ2n) is 40.4. The van der Waals surface area contributed by atoms with E-state index in [1.165, 1.54) is 70.9 Å². The molecule has 0 spiro atoms. The van der Waals surface area contributed by atoms with Crippen LogP contribution >= 0.6 is 0 Å². The third-order valence-electron chi connectivity index (χ3n) is 22.8. The average Bonchev–Trinajstić information content (AvgIpc) is 0.805. The molecule has 0 aromatic rings. The highest BCUT2D eigenvalue weighted by Gasteiger charge is 2.47. The van der Waals surface area contributed by atoms with Crippen LogP contribution in [0.15, 0.2) is 0 Å². The number of esters is 4. The van der Waals surface area contributed by atoms with Crippen LogP contribution in [0.4, 0.5) is 0 Å². The van der Waals surface area contributed by atoms with E-state index in [9.17, 15) is 19.2 Å². The van der Waals surface area contributed by atoms with Gasteiger partial charge in [-0.25, -0.2) is 0 Å². The highest BCUT2D eigenvalue weighted by molar-refractivity contribution is 5.70. The summed E-state index contributed by atoms with van der Waals surface area (Å²) in [5.74, 6) is -0.209. The largest absolute Gasteiger partial charge is 0.462 e. The Balaban J connectivity index is 0.000000315. The van der Waals surface area contributed by atoms with Gasteiger partial charge in [0.15, 0.2) is 0 Å². The first-order valence-corrected chi connectivity index (χ1v) is 39.9. The first-order valence-electron chi connectivity index (χ1n) is 39.9. The number of ether oxygens (including phenoxy) is 4. The van der Waals surface area contributed by atoms with Crippen LogP contribution in [0.1, 0.15) is 378 Å². The van der Waals surface area contributed by atoms with Gasteiger partial charge in [0.2, 0.25) is 0 Å². The van der Waals surface area contributed by atoms with Crippen molar-refractivity contribution in [1.82, 2.24) is 36.4 Å². The van der Waals surface area contributed by atoms with Crippen molar-refractivity contribution in [2.45, 2.75) is 470 Å². The molecule has 6 rings (SSSR count). The summed E-state index contributed by atoms with van der Waals surface area (Å²) in [5.41, 5.74) is 1.51. The standard InChI is InChI=1S/C30H56N2O4.C29H53NO4.C24H50N4/c1-27(2)19-23(20-28(3,4)31(27)9)35-25(33)17-15-13-11-12-14-16-18-26(34)36-24-21-29(5,6)32(10)30(7,8)22-24;1-26(2)17-22(18-27(3,4)21-26)33-24(31)15-13-11-9-10-12-14-16-25(32)34-23-19-28(5,6)30-29(7,8)20-23;1-21(2)15-19(16-22(3,4)27-21)25-13-11-9-10-12-14-26-20-17-23(5,6)28-24(7,8)18-20/h23-24H,11-22H2,1-10H3;22-23,30H,9-21H2,1-8H3;19-20,25-28H,9-18H2,1-8H3. The second-order valence-corrected chi connectivity index (χ2v) is 40.4. The highest BCUT2D eigenvalue weighted by Crippen LogP contribution is 2.47. The van der Waals surface area contributed by atoms with E-state index in [1.807, 2.05) is 0 Å². The summed E-state index contributed by atoms with van der Waals surface area (Å²) < 4.78 is 23.3. The molecule has 0 radical (unpaired) electrons. The molecule has 5 aliphatic heterocycles. The number of hydrogen-bond donors (Lipinski definition) is 5. The van der Waals surface area contributed by atoms with Crippen molar-refractivity contribution in [1.29, 1.82) is 0 Å². The van der Waals surface area contributed by atoms with Crippen molar-refractivity contribution in [3.8, 4) is 0 Å². The van der Waals surface area contributed by atoms with Crippen LogP contribution in [0.2, 0.25) is 0 Å². The maximum atomic E-state index is 12.4. The zero-order chi connectivity index (χ0) is 74.0. The second kappa shape index (κ2) is 37.0. The lowest BCUT2D eigenvalue weighted by Gasteiger charge is -2.53. The van der Waals surface area contributed by atoms with E-state index < -0.39 is 0 Å². The van der Waals surface area contributed by atoms with Gasteiger partial charge >= 0.3 is 23.9 Å². The van der Waals surface area contributed by atoms with Crippen LogP contribution < -0.4 is 26.6 Å². The SMILES string of the molecule is CC1(C)CC(NCCCCCCNC2CC(C)(C)NC(C)(C)C2)CC(C)(C)N1.CC1(C)CC(OC(=O)CCCCCCCCC(=O)OC2CC(C)(C)NC(C)(C)C2)CC(C)(C)C1.CN1C(C)(C)CC(OC(=O)CCCCCCCCC(=O)OC2CC(C)(C)N(C)C(C)(C)C2)CC1(C)C. The number of carbonyl (C=O) groups excluding carboxylic acids is 4. The smallest absolute Gasteiger partial charge is 0.306 e. The molecule has 0 aromatic heterocycles. The molecule has 574 valence electrons. The molecule has 0 amide bonds. The van der Waals surface area contributed by atoms with Crippen LogP contribution in [-0.4, -0.2) is 153 Å². The van der Waals surface area contributed by atoms with E-state index in [4.69, 9.17) is 18.9 Å². The van der Waals surface area contributed by atoms with Gasteiger partial charge < -0.3 is 45.5 Å². The lowest BCUT2D eigenvalue weighted by atomic mass is 9.64. The maximum absolute atomic E-state index is 12.4. The maximum Gasteiger partial charge on any atom is 0.306 e. The Morgan fingerprint density at radius 2 is 0.500 bits per heavy atom. The van der Waals surface area contributed by atoms with Gasteiger partial charge in [0, 0.05) is 132 Å². The van der Waals surface area contributed by atoms with Crippen LogP contribution in [-0.2, 0) is 38.1 Å². The number of carbonyl (C=O) groups is 4. The van der Waals surface area contributed by atoms with E-state index in [2.05, 4.69) is 217 Å². The van der Waals surface area contributed by atoms with Crippen LogP contribution in [0.3, 0.4) is 0 Å². The average molecular weight is 1380 g/mol. The Kier molecular flexibility index (Phi) is 33.3. The quantitative estimate of drug-likeness (QED) is 0.0252. The Hall–Kier alpha value is -2.40. The molecule has 0 atom stereocenters. The van der Waals surface area contributed by atoms with Crippen LogP contribution in [0.5, 0.6) is 0 Å². The summed E-state index contributed by atoms with van der Waals surface area (Å²) in [4.78, 5) is 54.2. The molecule has 15 heteroatoms. The van der Waals surface area contributed by atoms with Crippen LogP contribution in [0, 0.1) is 10.8 Å². The fourth-order valence-corrected chi connectivity index (χ4v) is 19.5. The Morgan fingerprint density at radius 1 is 0.296 bits per heavy atom. The summed E-state index contributed by atoms with van der Waals surface area (Å²) in [5, 5.41) is 18.8. The van der Waals surface area contributed by atoms with Crippen molar-refractivity contribution in [2.75, 3.05) is 27.2 Å². The number of unbranched alkanes of at least 4 members (excludes halogenated alkanes) is 13. The number of piperidine rings is 5. The Bertz CT molecular complexity index is 2160. The van der Waals surface area contributed by atoms with Crippen molar-refractivity contribution in [2.24, 2.45) is 10.8 Å². The molecule has 0 unspecified atom stereocenters. The molecule has 15 nitrogen and oxygen atoms in total. The number of nitrogens with one attached hydrogen (secondary N) is 5. The summed E-state index contributed by atoms with van der Waals surface area (Å²) in [6, 6.07) is 1.30. The molecule has 1 saturated carbocycles. The highest BCUT2D eigenvalue weighted by atomic mass is 16.6. The molecular formula is C83H159N7O8. The number of likely N-dealkylation sites (tertiary alicyclic amines) is 2. The van der Waals surface area contributed by atoms with E-state index in [0.29, 0.717) is 37.8 Å². The summed E-state index contributed by atoms with van der Waals surface area (Å²) in [6.45, 7) is 56.6. The van der Waals surface area contributed by atoms with Gasteiger partial charge in [0.1, 0.15) is 24.4 Å². The van der Waals surface area contributed by atoms with E-state index in [1.54, 1.807) is 0 Å². The minimum atomic E-state index is -0.0599. The third-order valence-corrected chi connectivity index (χ3v) is 22.8. The summed E-state index contributed by atoms with van der Waals surface area (Å²) in [6.07, 6.45) is 32.7. The first kappa shape index (κ1) is 88.0. The molecule has 5 heterocycles. The number of rotatable bonds is 31. The lowest BCUT2D eigenvalue weighted by molar-refractivity contribution is -0.160. The fraction of sp³-hybridized carbons (Fsp3) is 0.952.